The Labute approximate surface area is 198 Å². The molecule has 0 atom stereocenters. The van der Waals surface area contributed by atoms with Crippen molar-refractivity contribution >= 4 is 11.9 Å². The third-order valence-corrected chi connectivity index (χ3v) is 6.58. The number of benzene rings is 3. The summed E-state index contributed by atoms with van der Waals surface area (Å²) in [7, 11) is 0. The molecule has 3 aromatic rings. The van der Waals surface area contributed by atoms with Crippen molar-refractivity contribution in [1.82, 2.24) is 4.90 Å². The summed E-state index contributed by atoms with van der Waals surface area (Å²) in [4.78, 5) is 27.2. The molecule has 5 rings (SSSR count). The van der Waals surface area contributed by atoms with Gasteiger partial charge in [-0.05, 0) is 41.0 Å². The zero-order valence-electron chi connectivity index (χ0n) is 18.7. The van der Waals surface area contributed by atoms with E-state index in [1.54, 1.807) is 17.0 Å². The largest absolute Gasteiger partial charge is 0.486 e. The standard InChI is InChI=1S/C28H24N2O4/c29-18-20-6-8-22(9-7-20)23-10-11-24-25(31)17-28(34-26(24)16-23)12-14-30(15-13-28)27(32)33-19-21-4-2-1-3-5-21/h1-11,16H,12-15,17,19H2. The zero-order valence-corrected chi connectivity index (χ0v) is 18.7. The van der Waals surface area contributed by atoms with Gasteiger partial charge >= 0.3 is 6.09 Å². The maximum atomic E-state index is 12.9. The van der Waals surface area contributed by atoms with Crippen LogP contribution in [0.3, 0.4) is 0 Å². The quantitative estimate of drug-likeness (QED) is 0.534. The van der Waals surface area contributed by atoms with Gasteiger partial charge in [0.15, 0.2) is 5.78 Å². The van der Waals surface area contributed by atoms with E-state index in [4.69, 9.17) is 14.7 Å². The minimum Gasteiger partial charge on any atom is -0.486 e. The molecule has 0 aromatic heterocycles. The number of nitriles is 1. The van der Waals surface area contributed by atoms with Crippen LogP contribution in [-0.4, -0.2) is 35.5 Å². The Hall–Kier alpha value is -4.11. The summed E-state index contributed by atoms with van der Waals surface area (Å²) < 4.78 is 11.9. The van der Waals surface area contributed by atoms with Crippen molar-refractivity contribution in [3.8, 4) is 22.9 Å². The van der Waals surface area contributed by atoms with E-state index >= 15 is 0 Å². The predicted octanol–water partition coefficient (Wildman–Crippen LogP) is 5.36. The lowest BCUT2D eigenvalue weighted by molar-refractivity contribution is -0.00981. The van der Waals surface area contributed by atoms with Gasteiger partial charge in [0.25, 0.3) is 0 Å². The summed E-state index contributed by atoms with van der Waals surface area (Å²) >= 11 is 0. The van der Waals surface area contributed by atoms with Crippen molar-refractivity contribution < 1.29 is 19.1 Å². The first-order valence-electron chi connectivity index (χ1n) is 11.4. The summed E-state index contributed by atoms with van der Waals surface area (Å²) in [6.07, 6.45) is 1.10. The predicted molar refractivity (Wildman–Crippen MR) is 126 cm³/mol. The van der Waals surface area contributed by atoms with Gasteiger partial charge in [0, 0.05) is 25.9 Å². The van der Waals surface area contributed by atoms with Crippen molar-refractivity contribution in [2.45, 2.75) is 31.5 Å². The number of amides is 1. The lowest BCUT2D eigenvalue weighted by Crippen LogP contribution is -2.52. The number of hydrogen-bond donors (Lipinski definition) is 0. The number of ketones is 1. The Morgan fingerprint density at radius 1 is 1.00 bits per heavy atom. The van der Waals surface area contributed by atoms with Crippen molar-refractivity contribution in [3.63, 3.8) is 0 Å². The van der Waals surface area contributed by atoms with E-state index in [-0.39, 0.29) is 18.5 Å². The molecule has 0 aliphatic carbocycles. The summed E-state index contributed by atoms with van der Waals surface area (Å²) in [5, 5.41) is 9.02. The van der Waals surface area contributed by atoms with Crippen LogP contribution in [0.2, 0.25) is 0 Å². The van der Waals surface area contributed by atoms with Gasteiger partial charge in [0.2, 0.25) is 0 Å². The molecular weight excluding hydrogens is 428 g/mol. The molecule has 1 amide bonds. The molecule has 0 saturated carbocycles. The van der Waals surface area contributed by atoms with Crippen LogP contribution in [0, 0.1) is 11.3 Å². The Kier molecular flexibility index (Phi) is 5.77. The number of likely N-dealkylation sites (tertiary alicyclic amines) is 1. The van der Waals surface area contributed by atoms with Crippen LogP contribution in [0.5, 0.6) is 5.75 Å². The van der Waals surface area contributed by atoms with E-state index < -0.39 is 5.60 Å². The summed E-state index contributed by atoms with van der Waals surface area (Å²) in [6, 6.07) is 24.7. The molecule has 0 N–H and O–H groups in total. The molecule has 0 radical (unpaired) electrons. The van der Waals surface area contributed by atoms with Crippen LogP contribution in [-0.2, 0) is 11.3 Å². The summed E-state index contributed by atoms with van der Waals surface area (Å²) in [6.45, 7) is 1.19. The highest BCUT2D eigenvalue weighted by molar-refractivity contribution is 6.01. The lowest BCUT2D eigenvalue weighted by atomic mass is 9.82. The normalized spacial score (nSPS) is 16.3. The highest BCUT2D eigenvalue weighted by Gasteiger charge is 2.44. The highest BCUT2D eigenvalue weighted by Crippen LogP contribution is 2.41. The second-order valence-electron chi connectivity index (χ2n) is 8.81. The van der Waals surface area contributed by atoms with Crippen LogP contribution >= 0.6 is 0 Å². The van der Waals surface area contributed by atoms with Crippen molar-refractivity contribution in [1.29, 1.82) is 5.26 Å². The van der Waals surface area contributed by atoms with Crippen LogP contribution < -0.4 is 4.74 Å². The first kappa shape index (κ1) is 21.7. The van der Waals surface area contributed by atoms with Crippen LogP contribution in [0.1, 0.15) is 40.7 Å². The first-order chi connectivity index (χ1) is 16.5. The molecule has 1 saturated heterocycles. The average molecular weight is 453 g/mol. The number of carbonyl (C=O) groups is 2. The Morgan fingerprint density at radius 3 is 2.41 bits per heavy atom. The maximum Gasteiger partial charge on any atom is 0.410 e. The summed E-state index contributed by atoms with van der Waals surface area (Å²) in [5.41, 5.74) is 3.40. The molecule has 170 valence electrons. The number of piperidine rings is 1. The lowest BCUT2D eigenvalue weighted by Gasteiger charge is -2.43. The minimum atomic E-state index is -0.608. The van der Waals surface area contributed by atoms with E-state index in [1.165, 1.54) is 0 Å². The molecule has 34 heavy (non-hydrogen) atoms. The highest BCUT2D eigenvalue weighted by atomic mass is 16.6. The molecule has 6 nitrogen and oxygen atoms in total. The minimum absolute atomic E-state index is 0.0627. The van der Waals surface area contributed by atoms with E-state index in [0.717, 1.165) is 16.7 Å². The van der Waals surface area contributed by atoms with Gasteiger partial charge in [-0.25, -0.2) is 4.79 Å². The zero-order chi connectivity index (χ0) is 23.5. The third-order valence-electron chi connectivity index (χ3n) is 6.58. The van der Waals surface area contributed by atoms with Gasteiger partial charge in [0.1, 0.15) is 18.0 Å². The molecule has 0 bridgehead atoms. The second-order valence-corrected chi connectivity index (χ2v) is 8.81. The smallest absolute Gasteiger partial charge is 0.410 e. The van der Waals surface area contributed by atoms with Gasteiger partial charge in [-0.15, -0.1) is 0 Å². The number of rotatable bonds is 3. The summed E-state index contributed by atoms with van der Waals surface area (Å²) in [5.74, 6) is 0.644. The topological polar surface area (TPSA) is 79.6 Å². The number of fused-ring (bicyclic) bond motifs is 1. The third kappa shape index (κ3) is 4.38. The van der Waals surface area contributed by atoms with Gasteiger partial charge in [0.05, 0.1) is 23.6 Å². The average Bonchev–Trinajstić information content (AvgIpc) is 2.88. The van der Waals surface area contributed by atoms with Crippen LogP contribution in [0.25, 0.3) is 11.1 Å². The number of carbonyl (C=O) groups excluding carboxylic acids is 2. The van der Waals surface area contributed by atoms with E-state index in [9.17, 15) is 9.59 Å². The van der Waals surface area contributed by atoms with Crippen LogP contribution in [0.4, 0.5) is 4.79 Å². The Morgan fingerprint density at radius 2 is 1.71 bits per heavy atom. The number of Topliss-reactive ketones (excluding diaryl/α,β-unsaturated/α-hetero) is 1. The second kappa shape index (κ2) is 9.03. The van der Waals surface area contributed by atoms with Crippen molar-refractivity contribution in [2.24, 2.45) is 0 Å². The van der Waals surface area contributed by atoms with E-state index in [1.807, 2.05) is 60.7 Å². The fourth-order valence-electron chi connectivity index (χ4n) is 4.60. The van der Waals surface area contributed by atoms with Gasteiger partial charge in [-0.2, -0.15) is 5.26 Å². The first-order valence-corrected chi connectivity index (χ1v) is 11.4. The molecule has 2 heterocycles. The molecule has 2 aliphatic rings. The molecule has 6 heteroatoms. The monoisotopic (exact) mass is 452 g/mol. The Bertz CT molecular complexity index is 1250. The molecule has 3 aromatic carbocycles. The molecule has 1 fully saturated rings. The fraction of sp³-hybridized carbons (Fsp3) is 0.250. The van der Waals surface area contributed by atoms with Gasteiger partial charge in [-0.3, -0.25) is 4.79 Å². The molecular formula is C28H24N2O4. The molecule has 2 aliphatic heterocycles. The van der Waals surface area contributed by atoms with E-state index in [2.05, 4.69) is 6.07 Å². The van der Waals surface area contributed by atoms with Crippen LogP contribution in [0.15, 0.2) is 72.8 Å². The fourth-order valence-corrected chi connectivity index (χ4v) is 4.60. The number of hydrogen-bond acceptors (Lipinski definition) is 5. The van der Waals surface area contributed by atoms with Crippen molar-refractivity contribution in [3.05, 3.63) is 89.5 Å². The SMILES string of the molecule is N#Cc1ccc(-c2ccc3c(c2)OC2(CCN(C(=O)OCc4ccccc4)CC2)CC3=O)cc1. The molecule has 1 spiro atoms. The van der Waals surface area contributed by atoms with Gasteiger partial charge in [-0.1, -0.05) is 48.5 Å². The molecule has 0 unspecified atom stereocenters. The number of ether oxygens (including phenoxy) is 2. The van der Waals surface area contributed by atoms with Gasteiger partial charge < -0.3 is 14.4 Å². The van der Waals surface area contributed by atoms with Crippen molar-refractivity contribution in [2.75, 3.05) is 13.1 Å². The maximum absolute atomic E-state index is 12.9. The van der Waals surface area contributed by atoms with E-state index in [0.29, 0.717) is 49.2 Å². The number of nitrogens with zero attached hydrogens (tertiary/aromatic N) is 2. The Balaban J connectivity index is 1.26.